The largest absolute Gasteiger partial charge is 0.480 e. The Morgan fingerprint density at radius 2 is 2.26 bits per heavy atom. The molecular formula is C19H19ClN4O3. The maximum absolute atomic E-state index is 12.1. The van der Waals surface area contributed by atoms with E-state index >= 15 is 0 Å². The second kappa shape index (κ2) is 7.54. The summed E-state index contributed by atoms with van der Waals surface area (Å²) in [4.78, 5) is 24.0. The Bertz CT molecular complexity index is 965. The van der Waals surface area contributed by atoms with E-state index in [0.29, 0.717) is 36.4 Å². The second-order valence-electron chi connectivity index (χ2n) is 6.44. The zero-order valence-corrected chi connectivity index (χ0v) is 15.5. The van der Waals surface area contributed by atoms with Crippen LogP contribution in [0.2, 0.25) is 5.02 Å². The van der Waals surface area contributed by atoms with Crippen molar-refractivity contribution in [3.05, 3.63) is 41.3 Å². The van der Waals surface area contributed by atoms with Crippen molar-refractivity contribution in [2.45, 2.75) is 13.0 Å². The molecule has 0 spiro atoms. The van der Waals surface area contributed by atoms with Gasteiger partial charge in [-0.3, -0.25) is 4.79 Å². The molecule has 27 heavy (non-hydrogen) atoms. The van der Waals surface area contributed by atoms with Crippen LogP contribution in [0.25, 0.3) is 22.2 Å². The molecule has 2 aromatic heterocycles. The third-order valence-corrected chi connectivity index (χ3v) is 4.94. The number of nitrogens with zero attached hydrogens (tertiary/aromatic N) is 2. The molecule has 0 bridgehead atoms. The molecule has 8 heteroatoms. The van der Waals surface area contributed by atoms with E-state index < -0.39 is 0 Å². The van der Waals surface area contributed by atoms with Gasteiger partial charge in [-0.05, 0) is 24.6 Å². The number of carbonyl (C=O) groups excluding carboxylic acids is 1. The lowest BCUT2D eigenvalue weighted by atomic mass is 10.1. The molecule has 4 rings (SSSR count). The predicted molar refractivity (Wildman–Crippen MR) is 102 cm³/mol. The van der Waals surface area contributed by atoms with Gasteiger partial charge < -0.3 is 19.8 Å². The third-order valence-electron chi connectivity index (χ3n) is 4.63. The molecule has 0 radical (unpaired) electrons. The predicted octanol–water partition coefficient (Wildman–Crippen LogP) is 2.94. The summed E-state index contributed by atoms with van der Waals surface area (Å²) in [6.07, 6.45) is 3.96. The monoisotopic (exact) mass is 386 g/mol. The van der Waals surface area contributed by atoms with E-state index in [9.17, 15) is 4.79 Å². The number of ether oxygens (including phenoxy) is 2. The van der Waals surface area contributed by atoms with E-state index in [1.807, 2.05) is 18.2 Å². The summed E-state index contributed by atoms with van der Waals surface area (Å²) in [6.45, 7) is 1.58. The highest BCUT2D eigenvalue weighted by Crippen LogP contribution is 2.31. The first-order valence-electron chi connectivity index (χ1n) is 8.67. The minimum atomic E-state index is -0.0518. The smallest absolute Gasteiger partial charge is 0.232 e. The van der Waals surface area contributed by atoms with Crippen molar-refractivity contribution in [3.63, 3.8) is 0 Å². The number of amides is 1. The molecule has 7 nitrogen and oxygen atoms in total. The number of methoxy groups -OCH3 is 1. The number of hydrogen-bond donors (Lipinski definition) is 2. The first kappa shape index (κ1) is 17.8. The molecule has 1 aliphatic rings. The zero-order valence-electron chi connectivity index (χ0n) is 14.8. The molecule has 1 aliphatic heterocycles. The Balaban J connectivity index is 1.54. The number of benzene rings is 1. The van der Waals surface area contributed by atoms with Crippen LogP contribution < -0.4 is 10.1 Å². The number of hydrogen-bond acceptors (Lipinski definition) is 5. The Kier molecular flexibility index (Phi) is 4.96. The van der Waals surface area contributed by atoms with Crippen molar-refractivity contribution >= 4 is 28.4 Å². The summed E-state index contributed by atoms with van der Waals surface area (Å²) in [5.74, 6) is 0.420. The maximum Gasteiger partial charge on any atom is 0.232 e. The van der Waals surface area contributed by atoms with E-state index in [1.165, 1.54) is 0 Å². The average molecular weight is 387 g/mol. The number of carbonyl (C=O) groups is 1. The van der Waals surface area contributed by atoms with E-state index in [1.54, 1.807) is 19.5 Å². The van der Waals surface area contributed by atoms with Gasteiger partial charge in [0.15, 0.2) is 0 Å². The van der Waals surface area contributed by atoms with Crippen molar-refractivity contribution < 1.29 is 14.3 Å². The van der Waals surface area contributed by atoms with E-state index in [2.05, 4.69) is 20.3 Å². The average Bonchev–Trinajstić information content (AvgIpc) is 3.35. The molecule has 1 atom stereocenters. The quantitative estimate of drug-likeness (QED) is 0.703. The van der Waals surface area contributed by atoms with Gasteiger partial charge >= 0.3 is 0 Å². The number of aromatic amines is 1. The van der Waals surface area contributed by atoms with Gasteiger partial charge in [0.2, 0.25) is 11.8 Å². The van der Waals surface area contributed by atoms with Crippen molar-refractivity contribution in [2.24, 2.45) is 5.92 Å². The molecule has 1 fully saturated rings. The molecule has 0 aliphatic carbocycles. The number of nitrogens with one attached hydrogen (secondary N) is 2. The summed E-state index contributed by atoms with van der Waals surface area (Å²) in [5, 5.41) is 4.51. The van der Waals surface area contributed by atoms with Crippen LogP contribution >= 0.6 is 11.6 Å². The molecule has 1 unspecified atom stereocenters. The topological polar surface area (TPSA) is 89.1 Å². The van der Waals surface area contributed by atoms with Crippen LogP contribution in [-0.4, -0.2) is 41.2 Å². The highest BCUT2D eigenvalue weighted by Gasteiger charge is 2.23. The standard InChI is InChI=1S/C19H19ClN4O3/c1-26-18-9-21-17(8-22-18)14-6-16-12(5-15(14)20)4-13(24-16)7-23-19(25)11-2-3-27-10-11/h4-6,8-9,11,24H,2-3,7,10H2,1H3,(H,23,25). The normalized spacial score (nSPS) is 16.6. The number of H-pyrrole nitrogens is 1. The molecule has 3 aromatic rings. The first-order valence-corrected chi connectivity index (χ1v) is 9.05. The zero-order chi connectivity index (χ0) is 18.8. The third kappa shape index (κ3) is 3.74. The maximum atomic E-state index is 12.1. The van der Waals surface area contributed by atoms with E-state index in [0.717, 1.165) is 28.6 Å². The molecule has 140 valence electrons. The summed E-state index contributed by atoms with van der Waals surface area (Å²) in [5.41, 5.74) is 3.26. The lowest BCUT2D eigenvalue weighted by molar-refractivity contribution is -0.125. The van der Waals surface area contributed by atoms with Crippen molar-refractivity contribution in [1.29, 1.82) is 0 Å². The van der Waals surface area contributed by atoms with E-state index in [4.69, 9.17) is 21.1 Å². The van der Waals surface area contributed by atoms with Crippen molar-refractivity contribution in [3.8, 4) is 17.1 Å². The summed E-state index contributed by atoms with van der Waals surface area (Å²) < 4.78 is 10.3. The van der Waals surface area contributed by atoms with Gasteiger partial charge in [0.05, 0.1) is 49.3 Å². The van der Waals surface area contributed by atoms with Gasteiger partial charge in [0.1, 0.15) is 0 Å². The van der Waals surface area contributed by atoms with Gasteiger partial charge in [0, 0.05) is 28.8 Å². The molecular weight excluding hydrogens is 368 g/mol. The van der Waals surface area contributed by atoms with Crippen molar-refractivity contribution in [2.75, 3.05) is 20.3 Å². The van der Waals surface area contributed by atoms with Crippen molar-refractivity contribution in [1.82, 2.24) is 20.3 Å². The minimum Gasteiger partial charge on any atom is -0.480 e. The number of aromatic nitrogens is 3. The van der Waals surface area contributed by atoms with Crippen LogP contribution in [0.5, 0.6) is 5.88 Å². The Labute approximate surface area is 161 Å². The Morgan fingerprint density at radius 3 is 2.96 bits per heavy atom. The Hall–Kier alpha value is -2.64. The van der Waals surface area contributed by atoms with E-state index in [-0.39, 0.29) is 11.8 Å². The summed E-state index contributed by atoms with van der Waals surface area (Å²) in [6, 6.07) is 5.80. The SMILES string of the molecule is COc1cnc(-c2cc3[nH]c(CNC(=O)C4CCOC4)cc3cc2Cl)cn1. The van der Waals surface area contributed by atoms with Gasteiger partial charge in [0.25, 0.3) is 0 Å². The van der Waals surface area contributed by atoms with Crippen LogP contribution in [-0.2, 0) is 16.1 Å². The highest BCUT2D eigenvalue weighted by atomic mass is 35.5. The Morgan fingerprint density at radius 1 is 1.37 bits per heavy atom. The summed E-state index contributed by atoms with van der Waals surface area (Å²) >= 11 is 6.44. The van der Waals surface area contributed by atoms with Crippen LogP contribution in [0.3, 0.4) is 0 Å². The fourth-order valence-corrected chi connectivity index (χ4v) is 3.40. The fraction of sp³-hybridized carbons (Fsp3) is 0.316. The molecule has 1 saturated heterocycles. The molecule has 1 amide bonds. The number of halogens is 1. The molecule has 2 N–H and O–H groups in total. The van der Waals surface area contributed by atoms with Gasteiger partial charge in [-0.25, -0.2) is 9.97 Å². The van der Waals surface area contributed by atoms with Crippen LogP contribution in [0, 0.1) is 5.92 Å². The fourth-order valence-electron chi connectivity index (χ4n) is 3.13. The van der Waals surface area contributed by atoms with Crippen LogP contribution in [0.15, 0.2) is 30.6 Å². The minimum absolute atomic E-state index is 0.0263. The molecule has 0 saturated carbocycles. The van der Waals surface area contributed by atoms with Gasteiger partial charge in [-0.15, -0.1) is 0 Å². The van der Waals surface area contributed by atoms with Gasteiger partial charge in [-0.2, -0.15) is 0 Å². The lowest BCUT2D eigenvalue weighted by Gasteiger charge is -2.08. The summed E-state index contributed by atoms with van der Waals surface area (Å²) in [7, 11) is 1.54. The molecule has 1 aromatic carbocycles. The van der Waals surface area contributed by atoms with Gasteiger partial charge in [-0.1, -0.05) is 11.6 Å². The van der Waals surface area contributed by atoms with Crippen LogP contribution in [0.1, 0.15) is 12.1 Å². The number of fused-ring (bicyclic) bond motifs is 1. The lowest BCUT2D eigenvalue weighted by Crippen LogP contribution is -2.30. The number of rotatable bonds is 5. The first-order chi connectivity index (χ1) is 13.1. The molecule has 3 heterocycles. The highest BCUT2D eigenvalue weighted by molar-refractivity contribution is 6.34. The second-order valence-corrected chi connectivity index (χ2v) is 6.84. The van der Waals surface area contributed by atoms with Crippen LogP contribution in [0.4, 0.5) is 0 Å².